The van der Waals surface area contributed by atoms with Crippen LogP contribution in [0.3, 0.4) is 0 Å². The Bertz CT molecular complexity index is 379. The molecule has 1 aromatic heterocycles. The molecule has 2 nitrogen and oxygen atoms in total. The molecule has 1 heterocycles. The summed E-state index contributed by atoms with van der Waals surface area (Å²) >= 11 is 5.39. The zero-order valence-electron chi connectivity index (χ0n) is 10.0. The Morgan fingerprint density at radius 2 is 1.75 bits per heavy atom. The van der Waals surface area contributed by atoms with E-state index in [-0.39, 0.29) is 0 Å². The van der Waals surface area contributed by atoms with Gasteiger partial charge >= 0.3 is 0 Å². The molecule has 1 aliphatic carbocycles. The molecule has 0 atom stereocenters. The van der Waals surface area contributed by atoms with Crippen LogP contribution in [0.4, 0.5) is 0 Å². The Morgan fingerprint density at radius 3 is 2.19 bits per heavy atom. The maximum absolute atomic E-state index is 4.54. The van der Waals surface area contributed by atoms with E-state index in [0.717, 1.165) is 27.6 Å². The lowest BCUT2D eigenvalue weighted by Crippen LogP contribution is -2.06. The lowest BCUT2D eigenvalue weighted by Gasteiger charge is -2.11. The van der Waals surface area contributed by atoms with Crippen LogP contribution < -0.4 is 0 Å². The van der Waals surface area contributed by atoms with E-state index in [2.05, 4.69) is 46.7 Å². The minimum absolute atomic E-state index is 0.528. The summed E-state index contributed by atoms with van der Waals surface area (Å²) in [5.41, 5.74) is 3.96. The Balaban J connectivity index is 2.05. The summed E-state index contributed by atoms with van der Waals surface area (Å²) in [7, 11) is 0. The van der Waals surface area contributed by atoms with Crippen LogP contribution in [-0.4, -0.2) is 21.1 Å². The van der Waals surface area contributed by atoms with E-state index in [4.69, 9.17) is 0 Å². The topological polar surface area (TPSA) is 25.8 Å². The van der Waals surface area contributed by atoms with Gasteiger partial charge in [0.15, 0.2) is 5.16 Å². The molecule has 88 valence electrons. The van der Waals surface area contributed by atoms with Crippen molar-refractivity contribution in [3.63, 3.8) is 0 Å². The molecular formula is C12H17BrN2S. The van der Waals surface area contributed by atoms with Gasteiger partial charge in [-0.1, -0.05) is 27.7 Å². The highest BCUT2D eigenvalue weighted by Gasteiger charge is 2.41. The predicted octanol–water partition coefficient (Wildman–Crippen LogP) is 3.67. The van der Waals surface area contributed by atoms with E-state index < -0.39 is 0 Å². The molecule has 4 heteroatoms. The van der Waals surface area contributed by atoms with Crippen LogP contribution in [0.1, 0.15) is 29.8 Å². The minimum Gasteiger partial charge on any atom is -0.228 e. The van der Waals surface area contributed by atoms with Crippen molar-refractivity contribution in [2.45, 2.75) is 38.8 Å². The highest BCUT2D eigenvalue weighted by molar-refractivity contribution is 9.09. The van der Waals surface area contributed by atoms with E-state index >= 15 is 0 Å². The molecule has 0 spiro atoms. The van der Waals surface area contributed by atoms with Gasteiger partial charge in [0.05, 0.1) is 0 Å². The summed E-state index contributed by atoms with van der Waals surface area (Å²) < 4.78 is 0. The Morgan fingerprint density at radius 1 is 1.19 bits per heavy atom. The van der Waals surface area contributed by atoms with Crippen LogP contribution >= 0.6 is 27.7 Å². The number of aromatic nitrogens is 2. The molecule has 0 saturated heterocycles. The highest BCUT2D eigenvalue weighted by Crippen LogP contribution is 2.50. The second-order valence-corrected chi connectivity index (χ2v) is 6.23. The van der Waals surface area contributed by atoms with E-state index in [1.807, 2.05) is 0 Å². The summed E-state index contributed by atoms with van der Waals surface area (Å²) in [6, 6.07) is 0. The van der Waals surface area contributed by atoms with Crippen molar-refractivity contribution in [1.82, 2.24) is 9.97 Å². The van der Waals surface area contributed by atoms with E-state index in [1.165, 1.54) is 18.4 Å². The average Bonchev–Trinajstić information content (AvgIpc) is 3.03. The maximum Gasteiger partial charge on any atom is 0.188 e. The SMILES string of the molecule is Cc1nc(SCC2(CBr)CC2)nc(C)c1C. The average molecular weight is 301 g/mol. The second kappa shape index (κ2) is 4.65. The van der Waals surface area contributed by atoms with Crippen molar-refractivity contribution >= 4 is 27.7 Å². The summed E-state index contributed by atoms with van der Waals surface area (Å²) in [5, 5.41) is 2.05. The fraction of sp³-hybridized carbons (Fsp3) is 0.667. The molecule has 0 aromatic carbocycles. The van der Waals surface area contributed by atoms with Gasteiger partial charge in [0.1, 0.15) is 0 Å². The quantitative estimate of drug-likeness (QED) is 0.482. The number of nitrogens with zero attached hydrogens (tertiary/aromatic N) is 2. The maximum atomic E-state index is 4.54. The highest BCUT2D eigenvalue weighted by atomic mass is 79.9. The molecule has 0 bridgehead atoms. The number of thioether (sulfide) groups is 1. The van der Waals surface area contributed by atoms with Gasteiger partial charge < -0.3 is 0 Å². The summed E-state index contributed by atoms with van der Waals surface area (Å²) in [6.07, 6.45) is 2.68. The normalized spacial score (nSPS) is 17.5. The largest absolute Gasteiger partial charge is 0.228 e. The van der Waals surface area contributed by atoms with Crippen LogP contribution in [0.25, 0.3) is 0 Å². The molecule has 16 heavy (non-hydrogen) atoms. The number of alkyl halides is 1. The van der Waals surface area contributed by atoms with Crippen molar-refractivity contribution in [2.24, 2.45) is 5.41 Å². The molecule has 1 aromatic rings. The first-order chi connectivity index (χ1) is 7.56. The van der Waals surface area contributed by atoms with Gasteiger partial charge in [0, 0.05) is 22.5 Å². The van der Waals surface area contributed by atoms with E-state index in [1.54, 1.807) is 11.8 Å². The smallest absolute Gasteiger partial charge is 0.188 e. The van der Waals surface area contributed by atoms with Crippen molar-refractivity contribution < 1.29 is 0 Å². The van der Waals surface area contributed by atoms with E-state index in [0.29, 0.717) is 5.41 Å². The zero-order valence-corrected chi connectivity index (χ0v) is 12.4. The van der Waals surface area contributed by atoms with Crippen molar-refractivity contribution in [3.05, 3.63) is 17.0 Å². The van der Waals surface area contributed by atoms with Crippen molar-refractivity contribution in [2.75, 3.05) is 11.1 Å². The van der Waals surface area contributed by atoms with Crippen LogP contribution in [0.2, 0.25) is 0 Å². The third kappa shape index (κ3) is 2.59. The third-order valence-electron chi connectivity index (χ3n) is 3.36. The van der Waals surface area contributed by atoms with Gasteiger partial charge in [-0.2, -0.15) is 0 Å². The number of halogens is 1. The van der Waals surface area contributed by atoms with Crippen LogP contribution in [0.5, 0.6) is 0 Å². The van der Waals surface area contributed by atoms with Gasteiger partial charge in [-0.25, -0.2) is 9.97 Å². The van der Waals surface area contributed by atoms with Crippen LogP contribution in [0, 0.1) is 26.2 Å². The first-order valence-electron chi connectivity index (χ1n) is 5.57. The predicted molar refractivity (Wildman–Crippen MR) is 72.4 cm³/mol. The van der Waals surface area contributed by atoms with E-state index in [9.17, 15) is 0 Å². The van der Waals surface area contributed by atoms with Crippen molar-refractivity contribution in [3.8, 4) is 0 Å². The summed E-state index contributed by atoms with van der Waals surface area (Å²) in [4.78, 5) is 9.07. The monoisotopic (exact) mass is 300 g/mol. The molecule has 1 aliphatic rings. The molecule has 2 rings (SSSR count). The lowest BCUT2D eigenvalue weighted by atomic mass is 10.2. The Kier molecular flexibility index (Phi) is 3.59. The molecule has 0 unspecified atom stereocenters. The molecule has 1 fully saturated rings. The Hall–Kier alpha value is -0.0900. The molecule has 0 aliphatic heterocycles. The number of hydrogen-bond donors (Lipinski definition) is 0. The summed E-state index contributed by atoms with van der Waals surface area (Å²) in [5.74, 6) is 1.14. The fourth-order valence-corrected chi connectivity index (χ4v) is 3.77. The molecule has 1 saturated carbocycles. The van der Waals surface area contributed by atoms with Gasteiger partial charge in [-0.05, 0) is 44.6 Å². The zero-order chi connectivity index (χ0) is 11.8. The third-order valence-corrected chi connectivity index (χ3v) is 5.75. The number of rotatable bonds is 4. The lowest BCUT2D eigenvalue weighted by molar-refractivity contribution is 0.684. The van der Waals surface area contributed by atoms with Crippen LogP contribution in [0.15, 0.2) is 5.16 Å². The van der Waals surface area contributed by atoms with Gasteiger partial charge in [0.25, 0.3) is 0 Å². The van der Waals surface area contributed by atoms with Gasteiger partial charge in [-0.15, -0.1) is 0 Å². The molecular weight excluding hydrogens is 284 g/mol. The summed E-state index contributed by atoms with van der Waals surface area (Å²) in [6.45, 7) is 6.21. The number of aryl methyl sites for hydroxylation is 2. The number of hydrogen-bond acceptors (Lipinski definition) is 3. The standard InChI is InChI=1S/C12H17BrN2S/c1-8-9(2)14-11(15-10(8)3)16-7-12(6-13)4-5-12/h4-7H2,1-3H3. The Labute approximate surface area is 110 Å². The van der Waals surface area contributed by atoms with Crippen molar-refractivity contribution in [1.29, 1.82) is 0 Å². The second-order valence-electron chi connectivity index (χ2n) is 4.72. The first kappa shape index (κ1) is 12.4. The van der Waals surface area contributed by atoms with Crippen LogP contribution in [-0.2, 0) is 0 Å². The first-order valence-corrected chi connectivity index (χ1v) is 7.68. The van der Waals surface area contributed by atoms with Gasteiger partial charge in [0.2, 0.25) is 0 Å². The fourth-order valence-electron chi connectivity index (χ4n) is 1.52. The minimum atomic E-state index is 0.528. The molecule has 0 amide bonds. The molecule has 0 radical (unpaired) electrons. The van der Waals surface area contributed by atoms with Gasteiger partial charge in [-0.3, -0.25) is 0 Å². The molecule has 0 N–H and O–H groups in total.